The summed E-state index contributed by atoms with van der Waals surface area (Å²) in [5.74, 6) is 1.96. The van der Waals surface area contributed by atoms with Crippen molar-refractivity contribution in [3.8, 4) is 0 Å². The number of hydrogen-bond acceptors (Lipinski definition) is 3. The highest BCUT2D eigenvalue weighted by Gasteiger charge is 2.45. The summed E-state index contributed by atoms with van der Waals surface area (Å²) in [7, 11) is 0. The van der Waals surface area contributed by atoms with Crippen LogP contribution < -0.4 is 5.32 Å². The summed E-state index contributed by atoms with van der Waals surface area (Å²) in [6.45, 7) is 3.87. The lowest BCUT2D eigenvalue weighted by molar-refractivity contribution is -0.144. The first-order chi connectivity index (χ1) is 15.6. The van der Waals surface area contributed by atoms with Crippen molar-refractivity contribution in [2.45, 2.75) is 89.1 Å². The van der Waals surface area contributed by atoms with Crippen LogP contribution in [0.2, 0.25) is 0 Å². The molecule has 32 heavy (non-hydrogen) atoms. The number of piperidine rings is 4. The molecular formula is C25H40N4O3. The van der Waals surface area contributed by atoms with E-state index in [1.54, 1.807) is 0 Å². The molecule has 5 aliphatic rings. The van der Waals surface area contributed by atoms with Crippen LogP contribution >= 0.6 is 0 Å². The van der Waals surface area contributed by atoms with E-state index in [4.69, 9.17) is 0 Å². The highest BCUT2D eigenvalue weighted by molar-refractivity contribution is 5.78. The number of carbonyl (C=O) groups is 3. The van der Waals surface area contributed by atoms with E-state index in [0.29, 0.717) is 42.5 Å². The van der Waals surface area contributed by atoms with Crippen molar-refractivity contribution in [1.29, 1.82) is 0 Å². The zero-order chi connectivity index (χ0) is 22.1. The number of amides is 4. The van der Waals surface area contributed by atoms with Crippen LogP contribution in [-0.4, -0.2) is 77.4 Å². The average molecular weight is 445 g/mol. The Labute approximate surface area is 192 Å². The second-order valence-corrected chi connectivity index (χ2v) is 11.1. The predicted octanol–water partition coefficient (Wildman–Crippen LogP) is 2.99. The van der Waals surface area contributed by atoms with Crippen molar-refractivity contribution in [1.82, 2.24) is 20.0 Å². The third kappa shape index (κ3) is 4.76. The standard InChI is InChI=1S/C25H40N4O3/c30-23(14-18-5-2-1-3-6-18)26-21-9-11-27(12-10-21)25(32)28-15-19-13-20(17-28)22-7-4-8-24(31)29(22)16-19/h18-22H,1-17H2,(H,26,30)/t19-,20-,22-/m1/s1. The normalized spacial score (nSPS) is 31.9. The van der Waals surface area contributed by atoms with Crippen LogP contribution in [0.4, 0.5) is 4.79 Å². The molecule has 0 aromatic carbocycles. The minimum absolute atomic E-state index is 0.169. The maximum atomic E-state index is 13.3. The van der Waals surface area contributed by atoms with Crippen molar-refractivity contribution >= 4 is 17.8 Å². The number of fused-ring (bicyclic) bond motifs is 4. The molecular weight excluding hydrogens is 404 g/mol. The predicted molar refractivity (Wildman–Crippen MR) is 122 cm³/mol. The molecule has 4 aliphatic heterocycles. The summed E-state index contributed by atoms with van der Waals surface area (Å²) < 4.78 is 0. The Kier molecular flexibility index (Phi) is 6.61. The molecule has 1 aliphatic carbocycles. The van der Waals surface area contributed by atoms with Crippen LogP contribution in [0, 0.1) is 17.8 Å². The van der Waals surface area contributed by atoms with E-state index in [9.17, 15) is 14.4 Å². The van der Waals surface area contributed by atoms with Gasteiger partial charge in [0.15, 0.2) is 0 Å². The third-order valence-corrected chi connectivity index (χ3v) is 8.78. The number of likely N-dealkylation sites (tertiary alicyclic amines) is 2. The van der Waals surface area contributed by atoms with Crippen LogP contribution in [0.1, 0.15) is 77.0 Å². The smallest absolute Gasteiger partial charge is 0.320 e. The Morgan fingerprint density at radius 3 is 2.44 bits per heavy atom. The number of hydrogen-bond donors (Lipinski definition) is 1. The summed E-state index contributed by atoms with van der Waals surface area (Å²) in [4.78, 5) is 44.3. The lowest BCUT2D eigenvalue weighted by Crippen LogP contribution is -2.62. The quantitative estimate of drug-likeness (QED) is 0.727. The van der Waals surface area contributed by atoms with Gasteiger partial charge < -0.3 is 20.0 Å². The van der Waals surface area contributed by atoms with E-state index < -0.39 is 0 Å². The van der Waals surface area contributed by atoms with Crippen LogP contribution in [0.15, 0.2) is 0 Å². The molecule has 0 spiro atoms. The molecule has 7 nitrogen and oxygen atoms in total. The minimum atomic E-state index is 0.169. The Bertz CT molecular complexity index is 714. The van der Waals surface area contributed by atoms with Gasteiger partial charge in [-0.25, -0.2) is 4.79 Å². The number of urea groups is 1. The largest absolute Gasteiger partial charge is 0.353 e. The Morgan fingerprint density at radius 1 is 0.875 bits per heavy atom. The second kappa shape index (κ2) is 9.60. The third-order valence-electron chi connectivity index (χ3n) is 8.78. The Hall–Kier alpha value is -1.79. The second-order valence-electron chi connectivity index (χ2n) is 11.1. The zero-order valence-corrected chi connectivity index (χ0v) is 19.5. The summed E-state index contributed by atoms with van der Waals surface area (Å²) in [5.41, 5.74) is 0. The van der Waals surface area contributed by atoms with E-state index in [-0.39, 0.29) is 18.0 Å². The zero-order valence-electron chi connectivity index (χ0n) is 19.5. The van der Waals surface area contributed by atoms with Crippen LogP contribution in [0.3, 0.4) is 0 Å². The molecule has 5 fully saturated rings. The first kappa shape index (κ1) is 22.0. The number of nitrogens with zero attached hydrogens (tertiary/aromatic N) is 3. The van der Waals surface area contributed by atoms with Gasteiger partial charge in [-0.3, -0.25) is 9.59 Å². The summed E-state index contributed by atoms with van der Waals surface area (Å²) in [5, 5.41) is 3.24. The van der Waals surface area contributed by atoms with Crippen LogP contribution in [0.5, 0.6) is 0 Å². The van der Waals surface area contributed by atoms with Gasteiger partial charge in [-0.1, -0.05) is 19.3 Å². The van der Waals surface area contributed by atoms with Crippen molar-refractivity contribution in [3.63, 3.8) is 0 Å². The lowest BCUT2D eigenvalue weighted by Gasteiger charge is -2.53. The summed E-state index contributed by atoms with van der Waals surface area (Å²) >= 11 is 0. The van der Waals surface area contributed by atoms with E-state index in [0.717, 1.165) is 64.8 Å². The molecule has 0 aromatic rings. The molecule has 2 bridgehead atoms. The molecule has 1 saturated carbocycles. The molecule has 5 rings (SSSR count). The van der Waals surface area contributed by atoms with Gasteiger partial charge in [-0.15, -0.1) is 0 Å². The molecule has 0 unspecified atom stereocenters. The first-order valence-electron chi connectivity index (χ1n) is 13.2. The average Bonchev–Trinajstić information content (AvgIpc) is 2.80. The fraction of sp³-hybridized carbons (Fsp3) is 0.880. The summed E-state index contributed by atoms with van der Waals surface area (Å²) in [6.07, 6.45) is 12.6. The SMILES string of the molecule is O=C(CC1CCCCC1)NC1CCN(C(=O)N2C[C@H]3C[C@H](C2)[C@H]2CCCC(=O)N2C3)CC1. The van der Waals surface area contributed by atoms with Crippen molar-refractivity contribution in [3.05, 3.63) is 0 Å². The lowest BCUT2D eigenvalue weighted by atomic mass is 9.76. The van der Waals surface area contributed by atoms with Crippen molar-refractivity contribution in [2.75, 3.05) is 32.7 Å². The van der Waals surface area contributed by atoms with Gasteiger partial charge in [0, 0.05) is 57.6 Å². The Balaban J connectivity index is 1.09. The first-order valence-corrected chi connectivity index (χ1v) is 13.2. The van der Waals surface area contributed by atoms with Gasteiger partial charge in [-0.2, -0.15) is 0 Å². The molecule has 7 heteroatoms. The highest BCUT2D eigenvalue weighted by atomic mass is 16.2. The number of nitrogens with one attached hydrogen (secondary N) is 1. The maximum Gasteiger partial charge on any atom is 0.320 e. The molecule has 178 valence electrons. The van der Waals surface area contributed by atoms with Crippen molar-refractivity contribution < 1.29 is 14.4 Å². The van der Waals surface area contributed by atoms with Gasteiger partial charge in [0.2, 0.25) is 11.8 Å². The van der Waals surface area contributed by atoms with E-state index in [2.05, 4.69) is 15.1 Å². The molecule has 4 saturated heterocycles. The van der Waals surface area contributed by atoms with E-state index in [1.807, 2.05) is 4.90 Å². The molecule has 4 amide bonds. The molecule has 0 aromatic heterocycles. The van der Waals surface area contributed by atoms with Gasteiger partial charge in [-0.05, 0) is 62.7 Å². The summed E-state index contributed by atoms with van der Waals surface area (Å²) in [6, 6.07) is 0.716. The minimum Gasteiger partial charge on any atom is -0.353 e. The highest BCUT2D eigenvalue weighted by Crippen LogP contribution is 2.38. The number of rotatable bonds is 3. The maximum absolute atomic E-state index is 13.3. The van der Waals surface area contributed by atoms with E-state index >= 15 is 0 Å². The van der Waals surface area contributed by atoms with Crippen LogP contribution in [-0.2, 0) is 9.59 Å². The fourth-order valence-electron chi connectivity index (χ4n) is 7.12. The van der Waals surface area contributed by atoms with Gasteiger partial charge >= 0.3 is 6.03 Å². The van der Waals surface area contributed by atoms with Gasteiger partial charge in [0.1, 0.15) is 0 Å². The fourth-order valence-corrected chi connectivity index (χ4v) is 7.12. The molecule has 3 atom stereocenters. The number of carbonyl (C=O) groups excluding carboxylic acids is 3. The van der Waals surface area contributed by atoms with Gasteiger partial charge in [0.25, 0.3) is 0 Å². The molecule has 0 radical (unpaired) electrons. The van der Waals surface area contributed by atoms with Crippen molar-refractivity contribution in [2.24, 2.45) is 17.8 Å². The molecule has 1 N–H and O–H groups in total. The molecule has 4 heterocycles. The topological polar surface area (TPSA) is 73.0 Å². The van der Waals surface area contributed by atoms with E-state index in [1.165, 1.54) is 32.1 Å². The monoisotopic (exact) mass is 444 g/mol. The Morgan fingerprint density at radius 2 is 1.66 bits per heavy atom. The van der Waals surface area contributed by atoms with Crippen LogP contribution in [0.25, 0.3) is 0 Å². The van der Waals surface area contributed by atoms with Gasteiger partial charge in [0.05, 0.1) is 0 Å².